The third-order valence-corrected chi connectivity index (χ3v) is 5.01. The number of carboxylic acid groups (broad SMARTS) is 1. The van der Waals surface area contributed by atoms with Crippen molar-refractivity contribution >= 4 is 16.0 Å². The van der Waals surface area contributed by atoms with Gasteiger partial charge in [0.05, 0.1) is 11.3 Å². The zero-order valence-electron chi connectivity index (χ0n) is 11.4. The van der Waals surface area contributed by atoms with Crippen molar-refractivity contribution in [2.75, 3.05) is 13.1 Å². The fourth-order valence-corrected chi connectivity index (χ4v) is 3.55. The van der Waals surface area contributed by atoms with E-state index in [1.807, 2.05) is 6.92 Å². The molecule has 19 heavy (non-hydrogen) atoms. The van der Waals surface area contributed by atoms with Gasteiger partial charge in [-0.1, -0.05) is 24.6 Å². The van der Waals surface area contributed by atoms with Crippen molar-refractivity contribution in [1.29, 1.82) is 0 Å². The SMILES string of the molecule is CCN(CCC(=O)O)S(=O)(=O)c1ccc(C)cc1C. The van der Waals surface area contributed by atoms with Crippen LogP contribution in [-0.2, 0) is 14.8 Å². The highest BCUT2D eigenvalue weighted by atomic mass is 32.2. The Morgan fingerprint density at radius 1 is 1.32 bits per heavy atom. The number of hydrogen-bond donors (Lipinski definition) is 1. The summed E-state index contributed by atoms with van der Waals surface area (Å²) >= 11 is 0. The summed E-state index contributed by atoms with van der Waals surface area (Å²) in [4.78, 5) is 10.8. The summed E-state index contributed by atoms with van der Waals surface area (Å²) in [6, 6.07) is 5.12. The Bertz CT molecular complexity index is 566. The van der Waals surface area contributed by atoms with E-state index in [1.165, 1.54) is 4.31 Å². The van der Waals surface area contributed by atoms with E-state index in [4.69, 9.17) is 5.11 Å². The largest absolute Gasteiger partial charge is 0.481 e. The van der Waals surface area contributed by atoms with Crippen LogP contribution in [0.5, 0.6) is 0 Å². The number of aryl methyl sites for hydroxylation is 2. The number of carboxylic acids is 1. The van der Waals surface area contributed by atoms with Crippen molar-refractivity contribution in [3.8, 4) is 0 Å². The Labute approximate surface area is 113 Å². The summed E-state index contributed by atoms with van der Waals surface area (Å²) in [5.41, 5.74) is 1.67. The van der Waals surface area contributed by atoms with Gasteiger partial charge in [-0.3, -0.25) is 4.79 Å². The Kier molecular flexibility index (Phi) is 5.08. The molecule has 0 bridgehead atoms. The summed E-state index contributed by atoms with van der Waals surface area (Å²) in [6.07, 6.45) is -0.196. The lowest BCUT2D eigenvalue weighted by Crippen LogP contribution is -2.33. The standard InChI is InChI=1S/C13H19NO4S/c1-4-14(8-7-13(15)16)19(17,18)12-6-5-10(2)9-11(12)3/h5-6,9H,4,7-8H2,1-3H3,(H,15,16). The van der Waals surface area contributed by atoms with Crippen molar-refractivity contribution < 1.29 is 18.3 Å². The third kappa shape index (κ3) is 3.78. The number of sulfonamides is 1. The molecule has 0 aliphatic carbocycles. The van der Waals surface area contributed by atoms with Crippen LogP contribution in [0.2, 0.25) is 0 Å². The van der Waals surface area contributed by atoms with Crippen LogP contribution >= 0.6 is 0 Å². The van der Waals surface area contributed by atoms with E-state index in [2.05, 4.69) is 0 Å². The molecular formula is C13H19NO4S. The first-order valence-corrected chi connectivity index (χ1v) is 7.52. The lowest BCUT2D eigenvalue weighted by molar-refractivity contribution is -0.137. The first-order valence-electron chi connectivity index (χ1n) is 6.08. The van der Waals surface area contributed by atoms with E-state index in [0.717, 1.165) is 5.56 Å². The number of rotatable bonds is 6. The van der Waals surface area contributed by atoms with Crippen LogP contribution in [0.4, 0.5) is 0 Å². The van der Waals surface area contributed by atoms with Gasteiger partial charge in [0.1, 0.15) is 0 Å². The van der Waals surface area contributed by atoms with Gasteiger partial charge < -0.3 is 5.11 Å². The van der Waals surface area contributed by atoms with E-state index in [-0.39, 0.29) is 24.4 Å². The molecule has 0 amide bonds. The molecule has 5 nitrogen and oxygen atoms in total. The predicted molar refractivity (Wildman–Crippen MR) is 72.6 cm³/mol. The Hall–Kier alpha value is -1.40. The molecule has 0 saturated carbocycles. The quantitative estimate of drug-likeness (QED) is 0.864. The zero-order chi connectivity index (χ0) is 14.6. The molecule has 0 fully saturated rings. The van der Waals surface area contributed by atoms with Gasteiger partial charge in [-0.2, -0.15) is 4.31 Å². The smallest absolute Gasteiger partial charge is 0.304 e. The second-order valence-electron chi connectivity index (χ2n) is 4.41. The number of aliphatic carboxylic acids is 1. The van der Waals surface area contributed by atoms with Crippen LogP contribution in [0.25, 0.3) is 0 Å². The van der Waals surface area contributed by atoms with Crippen LogP contribution in [0.1, 0.15) is 24.5 Å². The lowest BCUT2D eigenvalue weighted by atomic mass is 10.2. The van der Waals surface area contributed by atoms with Crippen molar-refractivity contribution in [2.45, 2.75) is 32.1 Å². The van der Waals surface area contributed by atoms with E-state index < -0.39 is 16.0 Å². The van der Waals surface area contributed by atoms with Gasteiger partial charge in [-0.05, 0) is 25.5 Å². The molecule has 0 aliphatic heterocycles. The maximum atomic E-state index is 12.4. The fraction of sp³-hybridized carbons (Fsp3) is 0.462. The number of hydrogen-bond acceptors (Lipinski definition) is 3. The van der Waals surface area contributed by atoms with Gasteiger partial charge in [-0.25, -0.2) is 8.42 Å². The molecule has 1 aromatic carbocycles. The van der Waals surface area contributed by atoms with Crippen LogP contribution < -0.4 is 0 Å². The lowest BCUT2D eigenvalue weighted by Gasteiger charge is -2.21. The van der Waals surface area contributed by atoms with Crippen molar-refractivity contribution in [1.82, 2.24) is 4.31 Å². The summed E-state index contributed by atoms with van der Waals surface area (Å²) in [5.74, 6) is -1.01. The molecule has 0 aromatic heterocycles. The normalized spacial score (nSPS) is 11.8. The second kappa shape index (κ2) is 6.16. The minimum absolute atomic E-state index is 0.0124. The predicted octanol–water partition coefficient (Wildman–Crippen LogP) is 1.79. The van der Waals surface area contributed by atoms with E-state index in [0.29, 0.717) is 5.56 Å². The van der Waals surface area contributed by atoms with Gasteiger partial charge in [0.25, 0.3) is 0 Å². The fourth-order valence-electron chi connectivity index (χ4n) is 1.90. The van der Waals surface area contributed by atoms with Gasteiger partial charge in [-0.15, -0.1) is 0 Å². The summed E-state index contributed by atoms with van der Waals surface area (Å²) in [6.45, 7) is 5.57. The van der Waals surface area contributed by atoms with Gasteiger partial charge in [0, 0.05) is 13.1 Å². The van der Waals surface area contributed by atoms with E-state index in [1.54, 1.807) is 32.0 Å². The van der Waals surface area contributed by atoms with Crippen LogP contribution in [0, 0.1) is 13.8 Å². The molecule has 1 N–H and O–H groups in total. The topological polar surface area (TPSA) is 74.7 Å². The van der Waals surface area contributed by atoms with Crippen LogP contribution in [-0.4, -0.2) is 36.9 Å². The summed E-state index contributed by atoms with van der Waals surface area (Å²) in [7, 11) is -3.62. The first kappa shape index (κ1) is 15.7. The molecule has 106 valence electrons. The molecule has 6 heteroatoms. The molecule has 0 spiro atoms. The molecule has 0 radical (unpaired) electrons. The molecule has 1 aromatic rings. The average Bonchev–Trinajstić information content (AvgIpc) is 2.28. The zero-order valence-corrected chi connectivity index (χ0v) is 12.2. The third-order valence-electron chi connectivity index (χ3n) is 2.88. The number of benzene rings is 1. The molecule has 0 atom stereocenters. The van der Waals surface area contributed by atoms with Crippen LogP contribution in [0.15, 0.2) is 23.1 Å². The highest BCUT2D eigenvalue weighted by molar-refractivity contribution is 7.89. The van der Waals surface area contributed by atoms with E-state index >= 15 is 0 Å². The monoisotopic (exact) mass is 285 g/mol. The van der Waals surface area contributed by atoms with Gasteiger partial charge in [0.15, 0.2) is 0 Å². The maximum Gasteiger partial charge on any atom is 0.304 e. The molecule has 0 unspecified atom stereocenters. The molecule has 0 aliphatic rings. The molecule has 1 rings (SSSR count). The van der Waals surface area contributed by atoms with Gasteiger partial charge in [0.2, 0.25) is 10.0 Å². The molecular weight excluding hydrogens is 266 g/mol. The first-order chi connectivity index (χ1) is 8.78. The van der Waals surface area contributed by atoms with Gasteiger partial charge >= 0.3 is 5.97 Å². The minimum Gasteiger partial charge on any atom is -0.481 e. The Balaban J connectivity index is 3.09. The summed E-state index contributed by atoms with van der Waals surface area (Å²) < 4.78 is 26.1. The molecule has 0 saturated heterocycles. The van der Waals surface area contributed by atoms with Crippen molar-refractivity contribution in [2.24, 2.45) is 0 Å². The average molecular weight is 285 g/mol. The van der Waals surface area contributed by atoms with Crippen molar-refractivity contribution in [3.63, 3.8) is 0 Å². The minimum atomic E-state index is -3.62. The Morgan fingerprint density at radius 2 is 1.95 bits per heavy atom. The Morgan fingerprint density at radius 3 is 2.42 bits per heavy atom. The van der Waals surface area contributed by atoms with Crippen molar-refractivity contribution in [3.05, 3.63) is 29.3 Å². The van der Waals surface area contributed by atoms with Crippen LogP contribution in [0.3, 0.4) is 0 Å². The highest BCUT2D eigenvalue weighted by Crippen LogP contribution is 2.21. The number of carbonyl (C=O) groups is 1. The second-order valence-corrected chi connectivity index (χ2v) is 6.32. The highest BCUT2D eigenvalue weighted by Gasteiger charge is 2.24. The maximum absolute atomic E-state index is 12.4. The summed E-state index contributed by atoms with van der Waals surface area (Å²) in [5, 5.41) is 8.66. The number of nitrogens with zero attached hydrogens (tertiary/aromatic N) is 1. The van der Waals surface area contributed by atoms with E-state index in [9.17, 15) is 13.2 Å². The molecule has 0 heterocycles.